The predicted octanol–water partition coefficient (Wildman–Crippen LogP) is 1.04. The molecule has 2 atom stereocenters. The molecule has 1 fully saturated rings. The molecule has 0 aliphatic carbocycles. The van der Waals surface area contributed by atoms with Crippen molar-refractivity contribution in [2.24, 2.45) is 11.7 Å². The number of aliphatic carboxylic acids is 1. The van der Waals surface area contributed by atoms with Crippen molar-refractivity contribution in [3.63, 3.8) is 0 Å². The first-order valence-electron chi connectivity index (χ1n) is 10.3. The molecule has 30 heavy (non-hydrogen) atoms. The number of amides is 2. The molecule has 0 saturated carbocycles. The fourth-order valence-electron chi connectivity index (χ4n) is 3.66. The van der Waals surface area contributed by atoms with Gasteiger partial charge >= 0.3 is 5.97 Å². The summed E-state index contributed by atoms with van der Waals surface area (Å²) in [6.45, 7) is 1.33. The standard InChI is InChI=1S/C21H31N5O4/c22-21(23)24-10-6-2-5-9-18(27)25-13-17-11-16(12-19(28)29)20(30)26(17)14-15-7-3-1-4-8-15/h1,3-4,7-8,16-17H,2,5-6,9-14H2,(H,25,27)(H,28,29)(H4,22,23,24)/t16-,17-/m0/s1. The van der Waals surface area contributed by atoms with Gasteiger partial charge in [-0.3, -0.25) is 19.8 Å². The van der Waals surface area contributed by atoms with Gasteiger partial charge < -0.3 is 26.4 Å². The SMILES string of the molecule is N=C(N)NCCCCCC(=O)NC[C@@H]1C[C@@H](CC(=O)O)C(=O)N1Cc1ccccc1. The van der Waals surface area contributed by atoms with Crippen LogP contribution in [0.2, 0.25) is 0 Å². The number of rotatable bonds is 12. The normalized spacial score (nSPS) is 18.3. The molecule has 1 aromatic carbocycles. The van der Waals surface area contributed by atoms with Crippen LogP contribution in [0.5, 0.6) is 0 Å². The molecule has 1 aliphatic rings. The van der Waals surface area contributed by atoms with Gasteiger partial charge in [0.15, 0.2) is 5.96 Å². The minimum absolute atomic E-state index is 0.0555. The Bertz CT molecular complexity index is 740. The minimum atomic E-state index is -0.989. The fraction of sp³-hybridized carbons (Fsp3) is 0.524. The second-order valence-corrected chi connectivity index (χ2v) is 7.59. The second-order valence-electron chi connectivity index (χ2n) is 7.59. The van der Waals surface area contributed by atoms with Crippen LogP contribution in [0.4, 0.5) is 0 Å². The lowest BCUT2D eigenvalue weighted by Crippen LogP contribution is -2.41. The maximum Gasteiger partial charge on any atom is 0.304 e. The van der Waals surface area contributed by atoms with Crippen LogP contribution < -0.4 is 16.4 Å². The highest BCUT2D eigenvalue weighted by molar-refractivity contribution is 5.85. The molecule has 1 aliphatic heterocycles. The average molecular weight is 418 g/mol. The first kappa shape index (κ1) is 23.2. The van der Waals surface area contributed by atoms with Gasteiger partial charge in [0.25, 0.3) is 0 Å². The van der Waals surface area contributed by atoms with E-state index < -0.39 is 11.9 Å². The van der Waals surface area contributed by atoms with E-state index in [1.165, 1.54) is 0 Å². The van der Waals surface area contributed by atoms with Crippen molar-refractivity contribution in [2.75, 3.05) is 13.1 Å². The molecule has 0 bridgehead atoms. The molecule has 1 aromatic rings. The number of hydrogen-bond donors (Lipinski definition) is 5. The number of nitrogens with one attached hydrogen (secondary N) is 3. The summed E-state index contributed by atoms with van der Waals surface area (Å²) in [6, 6.07) is 9.32. The Balaban J connectivity index is 1.83. The Morgan fingerprint density at radius 3 is 2.57 bits per heavy atom. The summed E-state index contributed by atoms with van der Waals surface area (Å²) in [6.07, 6.45) is 3.02. The topological polar surface area (TPSA) is 149 Å². The van der Waals surface area contributed by atoms with Gasteiger partial charge in [-0.05, 0) is 24.8 Å². The molecule has 0 radical (unpaired) electrons. The van der Waals surface area contributed by atoms with Gasteiger partial charge in [-0.2, -0.15) is 0 Å². The zero-order valence-electron chi connectivity index (χ0n) is 17.1. The molecule has 9 heteroatoms. The van der Waals surface area contributed by atoms with Gasteiger partial charge in [-0.15, -0.1) is 0 Å². The maximum absolute atomic E-state index is 12.7. The monoisotopic (exact) mass is 417 g/mol. The molecule has 0 unspecified atom stereocenters. The van der Waals surface area contributed by atoms with Crippen molar-refractivity contribution in [3.05, 3.63) is 35.9 Å². The van der Waals surface area contributed by atoms with Crippen LogP contribution in [0.3, 0.4) is 0 Å². The van der Waals surface area contributed by atoms with Crippen LogP contribution in [0.15, 0.2) is 30.3 Å². The van der Waals surface area contributed by atoms with Crippen LogP contribution in [0, 0.1) is 11.3 Å². The number of benzene rings is 1. The zero-order chi connectivity index (χ0) is 21.9. The number of unbranched alkanes of at least 4 members (excludes halogenated alkanes) is 2. The zero-order valence-corrected chi connectivity index (χ0v) is 17.1. The molecular formula is C21H31N5O4. The number of nitrogens with zero attached hydrogens (tertiary/aromatic N) is 1. The molecule has 0 spiro atoms. The first-order chi connectivity index (χ1) is 14.4. The highest BCUT2D eigenvalue weighted by Gasteiger charge is 2.40. The lowest BCUT2D eigenvalue weighted by Gasteiger charge is -2.25. The number of carboxylic acids is 1. The Morgan fingerprint density at radius 1 is 1.17 bits per heavy atom. The molecule has 2 amide bonds. The van der Waals surface area contributed by atoms with E-state index in [9.17, 15) is 14.4 Å². The Hall–Kier alpha value is -3.10. The molecule has 0 aromatic heterocycles. The van der Waals surface area contributed by atoms with Crippen molar-refractivity contribution in [1.29, 1.82) is 5.41 Å². The number of carboxylic acid groups (broad SMARTS) is 1. The van der Waals surface area contributed by atoms with Gasteiger partial charge in [0.2, 0.25) is 11.8 Å². The van der Waals surface area contributed by atoms with Crippen molar-refractivity contribution in [2.45, 2.75) is 51.1 Å². The highest BCUT2D eigenvalue weighted by Crippen LogP contribution is 2.28. The Morgan fingerprint density at radius 2 is 1.90 bits per heavy atom. The molecule has 1 heterocycles. The molecule has 6 N–H and O–H groups in total. The van der Waals surface area contributed by atoms with Gasteiger partial charge in [-0.25, -0.2) is 0 Å². The van der Waals surface area contributed by atoms with Crippen molar-refractivity contribution >= 4 is 23.7 Å². The van der Waals surface area contributed by atoms with Gasteiger partial charge in [0.05, 0.1) is 18.4 Å². The number of hydrogen-bond acceptors (Lipinski definition) is 4. The molecule has 2 rings (SSSR count). The number of likely N-dealkylation sites (tertiary alicyclic amines) is 1. The number of carbonyl (C=O) groups is 3. The van der Waals surface area contributed by atoms with Crippen LogP contribution >= 0.6 is 0 Å². The third-order valence-corrected chi connectivity index (χ3v) is 5.18. The smallest absolute Gasteiger partial charge is 0.304 e. The van der Waals surface area contributed by atoms with Crippen LogP contribution in [0.25, 0.3) is 0 Å². The third kappa shape index (κ3) is 7.73. The fourth-order valence-corrected chi connectivity index (χ4v) is 3.66. The van der Waals surface area contributed by atoms with Crippen LogP contribution in [-0.2, 0) is 20.9 Å². The molecule has 1 saturated heterocycles. The average Bonchev–Trinajstić information content (AvgIpc) is 2.98. The molecule has 9 nitrogen and oxygen atoms in total. The minimum Gasteiger partial charge on any atom is -0.481 e. The summed E-state index contributed by atoms with van der Waals surface area (Å²) in [4.78, 5) is 37.7. The maximum atomic E-state index is 12.7. The largest absolute Gasteiger partial charge is 0.481 e. The van der Waals surface area contributed by atoms with Crippen molar-refractivity contribution in [1.82, 2.24) is 15.5 Å². The van der Waals surface area contributed by atoms with Gasteiger partial charge in [0.1, 0.15) is 0 Å². The lowest BCUT2D eigenvalue weighted by atomic mass is 10.0. The van der Waals surface area contributed by atoms with Gasteiger partial charge in [0, 0.05) is 26.1 Å². The van der Waals surface area contributed by atoms with Crippen LogP contribution in [-0.4, -0.2) is 52.9 Å². The predicted molar refractivity (Wildman–Crippen MR) is 113 cm³/mol. The third-order valence-electron chi connectivity index (χ3n) is 5.18. The molecule has 164 valence electrons. The second kappa shape index (κ2) is 11.8. The highest BCUT2D eigenvalue weighted by atomic mass is 16.4. The van der Waals surface area contributed by atoms with Crippen molar-refractivity contribution < 1.29 is 19.5 Å². The first-order valence-corrected chi connectivity index (χ1v) is 10.3. The number of carbonyl (C=O) groups excluding carboxylic acids is 2. The van der Waals surface area contributed by atoms with E-state index in [2.05, 4.69) is 10.6 Å². The summed E-state index contributed by atoms with van der Waals surface area (Å²) < 4.78 is 0. The molecular weight excluding hydrogens is 386 g/mol. The van der Waals surface area contributed by atoms with E-state index in [0.717, 1.165) is 24.8 Å². The van der Waals surface area contributed by atoms with Gasteiger partial charge in [-0.1, -0.05) is 36.8 Å². The Kier molecular flexibility index (Phi) is 9.11. The summed E-state index contributed by atoms with van der Waals surface area (Å²) in [7, 11) is 0. The summed E-state index contributed by atoms with van der Waals surface area (Å²) in [5, 5.41) is 21.8. The number of nitrogens with two attached hydrogens (primary N) is 1. The summed E-state index contributed by atoms with van der Waals surface area (Å²) in [5.74, 6) is -1.85. The van der Waals surface area contributed by atoms with E-state index in [1.54, 1.807) is 4.90 Å². The quantitative estimate of drug-likeness (QED) is 0.195. The number of guanidine groups is 1. The summed E-state index contributed by atoms with van der Waals surface area (Å²) >= 11 is 0. The van der Waals surface area contributed by atoms with E-state index in [0.29, 0.717) is 32.5 Å². The van der Waals surface area contributed by atoms with E-state index in [1.807, 2.05) is 30.3 Å². The van der Waals surface area contributed by atoms with E-state index in [-0.39, 0.29) is 30.2 Å². The lowest BCUT2D eigenvalue weighted by molar-refractivity contribution is -0.142. The van der Waals surface area contributed by atoms with E-state index >= 15 is 0 Å². The van der Waals surface area contributed by atoms with Crippen molar-refractivity contribution in [3.8, 4) is 0 Å². The summed E-state index contributed by atoms with van der Waals surface area (Å²) in [5.41, 5.74) is 6.18. The van der Waals surface area contributed by atoms with E-state index in [4.69, 9.17) is 16.2 Å². The Labute approximate surface area is 176 Å². The van der Waals surface area contributed by atoms with Crippen LogP contribution in [0.1, 0.15) is 44.1 Å².